The van der Waals surface area contributed by atoms with Crippen LogP contribution in [0.3, 0.4) is 0 Å². The predicted molar refractivity (Wildman–Crippen MR) is 96.4 cm³/mol. The number of nitrogens with one attached hydrogen (secondary N) is 1. The Morgan fingerprint density at radius 2 is 1.50 bits per heavy atom. The lowest BCUT2D eigenvalue weighted by Crippen LogP contribution is -2.04. The van der Waals surface area contributed by atoms with Gasteiger partial charge >= 0.3 is 0 Å². The van der Waals surface area contributed by atoms with Gasteiger partial charge in [0.25, 0.3) is 0 Å². The average Bonchev–Trinajstić information content (AvgIpc) is 2.94. The van der Waals surface area contributed by atoms with Gasteiger partial charge in [0, 0.05) is 27.6 Å². The van der Waals surface area contributed by atoms with Crippen LogP contribution in [0, 0.1) is 0 Å². The molecule has 5 rings (SSSR count). The van der Waals surface area contributed by atoms with Gasteiger partial charge in [0.2, 0.25) is 0 Å². The topological polar surface area (TPSA) is 37.4 Å². The first-order valence-corrected chi connectivity index (χ1v) is 7.93. The summed E-state index contributed by atoms with van der Waals surface area (Å²) in [6, 6.07) is 26.5. The van der Waals surface area contributed by atoms with Gasteiger partial charge < -0.3 is 9.82 Å². The van der Waals surface area contributed by atoms with Gasteiger partial charge in [-0.05, 0) is 18.2 Å². The summed E-state index contributed by atoms with van der Waals surface area (Å²) in [5.74, 6) is 0.760. The summed E-state index contributed by atoms with van der Waals surface area (Å²) < 4.78 is 0. The van der Waals surface area contributed by atoms with Gasteiger partial charge in [-0.1, -0.05) is 65.8 Å². The molecule has 0 aliphatic carbocycles. The molecular formula is C21H14N2O. The lowest BCUT2D eigenvalue weighted by Gasteiger charge is -2.05. The third-order valence-corrected chi connectivity index (χ3v) is 4.38. The molecule has 0 unspecified atom stereocenters. The highest BCUT2D eigenvalue weighted by Gasteiger charge is 2.24. The minimum atomic E-state index is 0.760. The maximum Gasteiger partial charge on any atom is 0.167 e. The SMILES string of the molecule is c1ccc(C2=NOc3ccccc3-c3[nH]c4ccccc4c32)cc1. The predicted octanol–water partition coefficient (Wildman–Crippen LogP) is 4.98. The van der Waals surface area contributed by atoms with E-state index in [2.05, 4.69) is 46.5 Å². The molecule has 2 heterocycles. The van der Waals surface area contributed by atoms with Crippen molar-refractivity contribution in [3.8, 4) is 17.0 Å². The van der Waals surface area contributed by atoms with Crippen molar-refractivity contribution in [1.82, 2.24) is 4.98 Å². The van der Waals surface area contributed by atoms with Crippen LogP contribution in [0.2, 0.25) is 0 Å². The van der Waals surface area contributed by atoms with Crippen LogP contribution in [0.1, 0.15) is 11.1 Å². The molecule has 0 saturated heterocycles. The molecule has 114 valence electrons. The van der Waals surface area contributed by atoms with E-state index >= 15 is 0 Å². The van der Waals surface area contributed by atoms with Gasteiger partial charge in [-0.2, -0.15) is 0 Å². The van der Waals surface area contributed by atoms with Gasteiger partial charge in [-0.3, -0.25) is 0 Å². The number of para-hydroxylation sites is 2. The van der Waals surface area contributed by atoms with E-state index in [-0.39, 0.29) is 0 Å². The molecule has 24 heavy (non-hydrogen) atoms. The molecular weight excluding hydrogens is 296 g/mol. The third kappa shape index (κ3) is 1.88. The van der Waals surface area contributed by atoms with Crippen molar-refractivity contribution in [1.29, 1.82) is 0 Å². The smallest absolute Gasteiger partial charge is 0.167 e. The summed E-state index contributed by atoms with van der Waals surface area (Å²) >= 11 is 0. The van der Waals surface area contributed by atoms with Crippen molar-refractivity contribution in [2.75, 3.05) is 0 Å². The number of fused-ring (bicyclic) bond motifs is 5. The fourth-order valence-electron chi connectivity index (χ4n) is 3.28. The van der Waals surface area contributed by atoms with Crippen LogP contribution >= 0.6 is 0 Å². The third-order valence-electron chi connectivity index (χ3n) is 4.38. The van der Waals surface area contributed by atoms with Crippen LogP contribution in [-0.2, 0) is 0 Å². The molecule has 0 fully saturated rings. The zero-order chi connectivity index (χ0) is 15.9. The Kier molecular flexibility index (Phi) is 2.79. The summed E-state index contributed by atoms with van der Waals surface area (Å²) in [5.41, 5.74) is 6.14. The van der Waals surface area contributed by atoms with Gasteiger partial charge in [0.15, 0.2) is 5.75 Å². The van der Waals surface area contributed by atoms with E-state index < -0.39 is 0 Å². The van der Waals surface area contributed by atoms with E-state index in [0.29, 0.717) is 0 Å². The van der Waals surface area contributed by atoms with Gasteiger partial charge in [-0.15, -0.1) is 0 Å². The first kappa shape index (κ1) is 13.1. The maximum atomic E-state index is 5.77. The highest BCUT2D eigenvalue weighted by Crippen LogP contribution is 2.39. The molecule has 4 aromatic rings. The van der Waals surface area contributed by atoms with Crippen molar-refractivity contribution >= 4 is 16.6 Å². The first-order chi connectivity index (χ1) is 11.9. The molecule has 0 atom stereocenters. The summed E-state index contributed by atoms with van der Waals surface area (Å²) in [4.78, 5) is 9.32. The zero-order valence-corrected chi connectivity index (χ0v) is 12.9. The van der Waals surface area contributed by atoms with Crippen LogP contribution in [0.15, 0.2) is 84.0 Å². The van der Waals surface area contributed by atoms with Crippen molar-refractivity contribution in [3.63, 3.8) is 0 Å². The second kappa shape index (κ2) is 5.10. The molecule has 1 aliphatic rings. The number of hydrogen-bond acceptors (Lipinski definition) is 2. The molecule has 1 N–H and O–H groups in total. The summed E-state index contributed by atoms with van der Waals surface area (Å²) in [7, 11) is 0. The number of rotatable bonds is 1. The van der Waals surface area contributed by atoms with Crippen LogP contribution in [0.25, 0.3) is 22.2 Å². The Hall–Kier alpha value is -3.33. The molecule has 3 nitrogen and oxygen atoms in total. The minimum absolute atomic E-state index is 0.760. The van der Waals surface area contributed by atoms with E-state index in [1.54, 1.807) is 0 Å². The van der Waals surface area contributed by atoms with Gasteiger partial charge in [0.1, 0.15) is 5.71 Å². The molecule has 3 aromatic carbocycles. The zero-order valence-electron chi connectivity index (χ0n) is 12.9. The number of aromatic amines is 1. The van der Waals surface area contributed by atoms with Crippen LogP contribution in [0.5, 0.6) is 5.75 Å². The van der Waals surface area contributed by atoms with Gasteiger partial charge in [-0.25, -0.2) is 0 Å². The van der Waals surface area contributed by atoms with E-state index in [1.807, 2.05) is 42.5 Å². The molecule has 1 aliphatic heterocycles. The van der Waals surface area contributed by atoms with Crippen molar-refractivity contribution in [3.05, 3.63) is 90.0 Å². The van der Waals surface area contributed by atoms with Crippen molar-refractivity contribution in [2.45, 2.75) is 0 Å². The summed E-state index contributed by atoms with van der Waals surface area (Å²) in [6.07, 6.45) is 0. The second-order valence-corrected chi connectivity index (χ2v) is 5.81. The summed E-state index contributed by atoms with van der Waals surface area (Å²) in [5, 5.41) is 5.64. The highest BCUT2D eigenvalue weighted by molar-refractivity contribution is 6.23. The maximum absolute atomic E-state index is 5.77. The fourth-order valence-corrected chi connectivity index (χ4v) is 3.28. The number of H-pyrrole nitrogens is 1. The van der Waals surface area contributed by atoms with E-state index in [0.717, 1.165) is 44.7 Å². The van der Waals surface area contributed by atoms with E-state index in [1.165, 1.54) is 0 Å². The first-order valence-electron chi connectivity index (χ1n) is 7.93. The normalized spacial score (nSPS) is 12.8. The van der Waals surface area contributed by atoms with Gasteiger partial charge in [0.05, 0.1) is 5.69 Å². The Morgan fingerprint density at radius 1 is 0.750 bits per heavy atom. The molecule has 0 bridgehead atoms. The van der Waals surface area contributed by atoms with Crippen molar-refractivity contribution < 1.29 is 4.84 Å². The number of oxime groups is 1. The standard InChI is InChI=1S/C21H14N2O/c1-2-8-14(9-3-1)20-19-15-10-4-6-12-17(15)22-21(19)16-11-5-7-13-18(16)24-23-20/h1-13,22H. The molecule has 0 radical (unpaired) electrons. The Morgan fingerprint density at radius 3 is 2.42 bits per heavy atom. The highest BCUT2D eigenvalue weighted by atomic mass is 16.6. The Bertz CT molecular complexity index is 1080. The second-order valence-electron chi connectivity index (χ2n) is 5.81. The van der Waals surface area contributed by atoms with Crippen molar-refractivity contribution in [2.24, 2.45) is 5.16 Å². The molecule has 3 heteroatoms. The number of hydrogen-bond donors (Lipinski definition) is 1. The van der Waals surface area contributed by atoms with E-state index in [9.17, 15) is 0 Å². The minimum Gasteiger partial charge on any atom is -0.356 e. The quantitative estimate of drug-likeness (QED) is 0.529. The lowest BCUT2D eigenvalue weighted by atomic mass is 9.96. The Labute approximate surface area is 139 Å². The van der Waals surface area contributed by atoms with Crippen LogP contribution < -0.4 is 4.84 Å². The fraction of sp³-hybridized carbons (Fsp3) is 0. The number of nitrogens with zero attached hydrogens (tertiary/aromatic N) is 1. The molecule has 0 saturated carbocycles. The molecule has 0 amide bonds. The van der Waals surface area contributed by atoms with Crippen LogP contribution in [0.4, 0.5) is 0 Å². The molecule has 1 aromatic heterocycles. The van der Waals surface area contributed by atoms with Crippen LogP contribution in [-0.4, -0.2) is 10.7 Å². The Balaban J connectivity index is 1.89. The molecule has 0 spiro atoms. The largest absolute Gasteiger partial charge is 0.356 e. The number of aromatic nitrogens is 1. The monoisotopic (exact) mass is 310 g/mol. The average molecular weight is 310 g/mol. The summed E-state index contributed by atoms with van der Waals surface area (Å²) in [6.45, 7) is 0. The number of benzene rings is 3. The van der Waals surface area contributed by atoms with E-state index in [4.69, 9.17) is 4.84 Å². The lowest BCUT2D eigenvalue weighted by molar-refractivity contribution is 0.344.